The highest BCUT2D eigenvalue weighted by Crippen LogP contribution is 2.38. The molecule has 1 amide bonds. The predicted octanol–water partition coefficient (Wildman–Crippen LogP) is 3.79. The zero-order chi connectivity index (χ0) is 23.6. The smallest absolute Gasteiger partial charge is 0.345 e. The van der Waals surface area contributed by atoms with E-state index >= 15 is 0 Å². The third kappa shape index (κ3) is 5.09. The number of amides is 1. The number of benzene rings is 2. The van der Waals surface area contributed by atoms with Gasteiger partial charge in [-0.1, -0.05) is 72.8 Å². The minimum absolute atomic E-state index is 0.0222. The number of allylic oxidation sites excluding steroid dienone is 1. The molecule has 0 saturated heterocycles. The fraction of sp³-hybridized carbons (Fsp3) is 0.208. The van der Waals surface area contributed by atoms with Crippen molar-refractivity contribution in [2.24, 2.45) is 5.92 Å². The Balaban J connectivity index is 1.60. The number of alkyl halides is 3. The van der Waals surface area contributed by atoms with Crippen molar-refractivity contribution in [1.29, 1.82) is 0 Å². The molecule has 0 spiro atoms. The minimum Gasteiger partial charge on any atom is -0.345 e. The van der Waals surface area contributed by atoms with Gasteiger partial charge in [-0.05, 0) is 17.2 Å². The van der Waals surface area contributed by atoms with Crippen LogP contribution in [0.2, 0.25) is 0 Å². The summed E-state index contributed by atoms with van der Waals surface area (Å²) in [5.74, 6) is -2.47. The summed E-state index contributed by atoms with van der Waals surface area (Å²) in [4.78, 5) is 11.4. The lowest BCUT2D eigenvalue weighted by Crippen LogP contribution is -2.46. The molecule has 33 heavy (non-hydrogen) atoms. The summed E-state index contributed by atoms with van der Waals surface area (Å²) < 4.78 is 69.0. The van der Waals surface area contributed by atoms with Gasteiger partial charge in [0.25, 0.3) is 0 Å². The monoisotopic (exact) mass is 474 g/mol. The zero-order valence-electron chi connectivity index (χ0n) is 17.3. The molecular weight excluding hydrogens is 453 g/mol. The van der Waals surface area contributed by atoms with Crippen LogP contribution in [0.25, 0.3) is 0 Å². The maximum atomic E-state index is 13.5. The second-order valence-corrected chi connectivity index (χ2v) is 9.58. The van der Waals surface area contributed by atoms with Crippen molar-refractivity contribution in [3.05, 3.63) is 107 Å². The normalized spacial score (nSPS) is 20.7. The first-order valence-electron chi connectivity index (χ1n) is 10.2. The molecule has 2 aromatic rings. The number of rotatable bonds is 6. The molecule has 9 heteroatoms. The summed E-state index contributed by atoms with van der Waals surface area (Å²) in [5, 5.41) is 2.42. The molecule has 0 fully saturated rings. The summed E-state index contributed by atoms with van der Waals surface area (Å²) in [6.45, 7) is 0.0222. The third-order valence-electron chi connectivity index (χ3n) is 5.67. The summed E-state index contributed by atoms with van der Waals surface area (Å²) in [5.41, 5.74) is 0.730. The molecule has 1 aliphatic carbocycles. The first-order valence-corrected chi connectivity index (χ1v) is 11.7. The SMILES string of the molecule is O=C1C=C(C(F)(F)F)C2C=C(S(=O)(=O)NCC(c3ccccc3)c3ccccc3)C=CC2N1. The molecule has 4 rings (SSSR count). The molecule has 0 radical (unpaired) electrons. The van der Waals surface area contributed by atoms with Gasteiger partial charge in [0.15, 0.2) is 0 Å². The second-order valence-electron chi connectivity index (χ2n) is 7.81. The number of fused-ring (bicyclic) bond motifs is 1. The Morgan fingerprint density at radius 1 is 0.970 bits per heavy atom. The van der Waals surface area contributed by atoms with Gasteiger partial charge >= 0.3 is 6.18 Å². The number of hydrogen-bond donors (Lipinski definition) is 2. The molecule has 2 N–H and O–H groups in total. The first-order chi connectivity index (χ1) is 15.6. The standard InChI is InChI=1S/C24H21F3N2O3S/c25-24(26,27)21-14-23(30)29-22-12-11-18(13-19(21)22)33(31,32)28-15-20(16-7-3-1-4-8-16)17-9-5-2-6-10-17/h1-14,19-20,22,28H,15H2,(H,29,30). The Hall–Kier alpha value is -3.17. The second kappa shape index (κ2) is 8.99. The van der Waals surface area contributed by atoms with Crippen LogP contribution in [0.4, 0.5) is 13.2 Å². The van der Waals surface area contributed by atoms with E-state index in [2.05, 4.69) is 10.0 Å². The van der Waals surface area contributed by atoms with Crippen molar-refractivity contribution in [1.82, 2.24) is 10.0 Å². The van der Waals surface area contributed by atoms with Gasteiger partial charge < -0.3 is 5.32 Å². The van der Waals surface area contributed by atoms with E-state index in [0.29, 0.717) is 6.08 Å². The van der Waals surface area contributed by atoms with Gasteiger partial charge in [-0.3, -0.25) is 4.79 Å². The molecular formula is C24H21F3N2O3S. The molecule has 5 nitrogen and oxygen atoms in total. The number of nitrogens with one attached hydrogen (secondary N) is 2. The Labute approximate surface area is 189 Å². The van der Waals surface area contributed by atoms with Gasteiger partial charge in [-0.15, -0.1) is 0 Å². The Kier molecular flexibility index (Phi) is 6.27. The van der Waals surface area contributed by atoms with Crippen LogP contribution in [-0.2, 0) is 14.8 Å². The molecule has 1 heterocycles. The molecule has 2 atom stereocenters. The molecule has 2 aromatic carbocycles. The predicted molar refractivity (Wildman–Crippen MR) is 118 cm³/mol. The summed E-state index contributed by atoms with van der Waals surface area (Å²) in [6.07, 6.45) is -0.720. The van der Waals surface area contributed by atoms with Gasteiger partial charge in [0.05, 0.1) is 10.9 Å². The van der Waals surface area contributed by atoms with Crippen molar-refractivity contribution in [3.63, 3.8) is 0 Å². The quantitative estimate of drug-likeness (QED) is 0.669. The Bertz CT molecular complexity index is 1180. The number of carbonyl (C=O) groups excluding carboxylic acids is 1. The maximum absolute atomic E-state index is 13.5. The summed E-state index contributed by atoms with van der Waals surface area (Å²) in [6, 6.07) is 17.7. The van der Waals surface area contributed by atoms with E-state index in [1.54, 1.807) is 0 Å². The molecule has 1 aliphatic heterocycles. The third-order valence-corrected chi connectivity index (χ3v) is 7.11. The van der Waals surface area contributed by atoms with E-state index in [1.165, 1.54) is 12.2 Å². The number of sulfonamides is 1. The van der Waals surface area contributed by atoms with Crippen LogP contribution < -0.4 is 10.0 Å². The van der Waals surface area contributed by atoms with Gasteiger partial charge in [-0.25, -0.2) is 13.1 Å². The highest BCUT2D eigenvalue weighted by Gasteiger charge is 2.45. The molecule has 0 aromatic heterocycles. The molecule has 2 aliphatic rings. The van der Waals surface area contributed by atoms with Crippen LogP contribution in [0.3, 0.4) is 0 Å². The first kappa shape index (κ1) is 23.0. The van der Waals surface area contributed by atoms with Crippen molar-refractivity contribution >= 4 is 15.9 Å². The van der Waals surface area contributed by atoms with Gasteiger partial charge in [0.1, 0.15) is 0 Å². The summed E-state index contributed by atoms with van der Waals surface area (Å²) in [7, 11) is -4.11. The fourth-order valence-corrected chi connectivity index (χ4v) is 5.18. The molecule has 2 unspecified atom stereocenters. The van der Waals surface area contributed by atoms with E-state index in [0.717, 1.165) is 17.2 Å². The van der Waals surface area contributed by atoms with E-state index in [4.69, 9.17) is 0 Å². The Morgan fingerprint density at radius 2 is 1.55 bits per heavy atom. The number of carbonyl (C=O) groups is 1. The van der Waals surface area contributed by atoms with Crippen molar-refractivity contribution in [2.45, 2.75) is 18.1 Å². The van der Waals surface area contributed by atoms with Crippen LogP contribution in [-0.4, -0.2) is 33.1 Å². The average Bonchev–Trinajstić information content (AvgIpc) is 2.79. The highest BCUT2D eigenvalue weighted by atomic mass is 32.2. The van der Waals surface area contributed by atoms with Crippen LogP contribution in [0.15, 0.2) is 95.4 Å². The van der Waals surface area contributed by atoms with E-state index in [1.807, 2.05) is 60.7 Å². The molecule has 172 valence electrons. The average molecular weight is 475 g/mol. The maximum Gasteiger partial charge on any atom is 0.413 e. The van der Waals surface area contributed by atoms with Gasteiger partial charge in [0.2, 0.25) is 15.9 Å². The minimum atomic E-state index is -4.75. The number of halogens is 3. The lowest BCUT2D eigenvalue weighted by molar-refractivity contribution is -0.122. The Morgan fingerprint density at radius 3 is 2.09 bits per heavy atom. The van der Waals surface area contributed by atoms with E-state index in [9.17, 15) is 26.4 Å². The fourth-order valence-electron chi connectivity index (χ4n) is 4.04. The van der Waals surface area contributed by atoms with Crippen molar-refractivity contribution in [2.75, 3.05) is 6.54 Å². The van der Waals surface area contributed by atoms with Crippen molar-refractivity contribution in [3.8, 4) is 0 Å². The number of hydrogen-bond acceptors (Lipinski definition) is 3. The van der Waals surface area contributed by atoms with E-state index in [-0.39, 0.29) is 17.4 Å². The van der Waals surface area contributed by atoms with Crippen molar-refractivity contribution < 1.29 is 26.4 Å². The van der Waals surface area contributed by atoms with Crippen LogP contribution in [0, 0.1) is 5.92 Å². The lowest BCUT2D eigenvalue weighted by atomic mass is 9.84. The van der Waals surface area contributed by atoms with Gasteiger partial charge in [0, 0.05) is 30.0 Å². The summed E-state index contributed by atoms with van der Waals surface area (Å²) >= 11 is 0. The lowest BCUT2D eigenvalue weighted by Gasteiger charge is -2.33. The zero-order valence-corrected chi connectivity index (χ0v) is 18.1. The largest absolute Gasteiger partial charge is 0.413 e. The van der Waals surface area contributed by atoms with Gasteiger partial charge in [-0.2, -0.15) is 13.2 Å². The van der Waals surface area contributed by atoms with Crippen LogP contribution in [0.5, 0.6) is 0 Å². The van der Waals surface area contributed by atoms with E-state index < -0.39 is 39.6 Å². The van der Waals surface area contributed by atoms with Crippen LogP contribution >= 0.6 is 0 Å². The van der Waals surface area contributed by atoms with Crippen LogP contribution in [0.1, 0.15) is 17.0 Å². The highest BCUT2D eigenvalue weighted by molar-refractivity contribution is 7.93. The molecule has 0 bridgehead atoms. The molecule has 0 saturated carbocycles. The topological polar surface area (TPSA) is 75.3 Å².